The van der Waals surface area contributed by atoms with Crippen molar-refractivity contribution < 1.29 is 19.5 Å². The zero-order chi connectivity index (χ0) is 28.5. The number of carbonyl (C=O) groups excluding carboxylic acids is 2. The van der Waals surface area contributed by atoms with Crippen LogP contribution in [0.2, 0.25) is 5.02 Å². The van der Waals surface area contributed by atoms with Gasteiger partial charge in [-0.1, -0.05) is 66.2 Å². The van der Waals surface area contributed by atoms with Crippen LogP contribution in [0.25, 0.3) is 21.8 Å². The Labute approximate surface area is 239 Å². The maximum atomic E-state index is 13.5. The van der Waals surface area contributed by atoms with E-state index in [4.69, 9.17) is 11.6 Å². The van der Waals surface area contributed by atoms with Crippen LogP contribution in [0.15, 0.2) is 115 Å². The van der Waals surface area contributed by atoms with Gasteiger partial charge in [0, 0.05) is 34.1 Å². The van der Waals surface area contributed by atoms with E-state index < -0.39 is 17.7 Å². The number of hydrogen-bond acceptors (Lipinski definition) is 4. The molecular weight excluding hydrogens is 538 g/mol. The van der Waals surface area contributed by atoms with Crippen LogP contribution >= 0.6 is 11.6 Å². The molecule has 1 N–H and O–H groups in total. The van der Waals surface area contributed by atoms with Crippen molar-refractivity contribution in [2.45, 2.75) is 6.54 Å². The Morgan fingerprint density at radius 3 is 2.27 bits per heavy atom. The van der Waals surface area contributed by atoms with E-state index in [2.05, 4.69) is 4.98 Å². The highest BCUT2D eigenvalue weighted by atomic mass is 35.5. The summed E-state index contributed by atoms with van der Waals surface area (Å²) in [4.78, 5) is 44.5. The third-order valence-electron chi connectivity index (χ3n) is 6.87. The lowest BCUT2D eigenvalue weighted by molar-refractivity contribution is 0.0815. The van der Waals surface area contributed by atoms with E-state index in [9.17, 15) is 19.5 Å². The average Bonchev–Trinajstić information content (AvgIpc) is 3.36. The van der Waals surface area contributed by atoms with Crippen LogP contribution in [0.4, 0.5) is 16.2 Å². The zero-order valence-corrected chi connectivity index (χ0v) is 22.3. The highest BCUT2D eigenvalue weighted by Gasteiger charge is 2.24. The SMILES string of the molecule is O=C(C(=O)c1cn(Cc2ccc(Cl)cc2)c2ccccc12)c1ccc2cc(N(C(=O)O)c3ccccc3)ccc2n1. The molecule has 4 aromatic carbocycles. The third-order valence-corrected chi connectivity index (χ3v) is 7.13. The van der Waals surface area contributed by atoms with Crippen molar-refractivity contribution in [3.05, 3.63) is 137 Å². The molecule has 2 heterocycles. The normalized spacial score (nSPS) is 11.0. The van der Waals surface area contributed by atoms with Gasteiger partial charge in [-0.3, -0.25) is 9.59 Å². The number of nitrogens with zero attached hydrogens (tertiary/aromatic N) is 3. The molecule has 0 atom stereocenters. The standard InChI is InChI=1S/C33H22ClN3O4/c34-23-13-10-21(11-14-23)19-36-20-27(26-8-4-5-9-30(26)36)31(38)32(39)29-16-12-22-18-25(15-17-28(22)35-29)37(33(40)41)24-6-2-1-3-7-24/h1-18,20H,19H2,(H,40,41). The molecule has 0 saturated heterocycles. The smallest absolute Gasteiger partial charge is 0.416 e. The molecule has 6 rings (SSSR count). The van der Waals surface area contributed by atoms with Crippen molar-refractivity contribution in [3.8, 4) is 0 Å². The van der Waals surface area contributed by atoms with Crippen LogP contribution in [-0.4, -0.2) is 32.3 Å². The summed E-state index contributed by atoms with van der Waals surface area (Å²) in [7, 11) is 0. The minimum absolute atomic E-state index is 0.0166. The molecule has 6 aromatic rings. The first-order valence-corrected chi connectivity index (χ1v) is 13.2. The third kappa shape index (κ3) is 5.06. The molecule has 0 bridgehead atoms. The fourth-order valence-electron chi connectivity index (χ4n) is 4.91. The summed E-state index contributed by atoms with van der Waals surface area (Å²) < 4.78 is 1.94. The summed E-state index contributed by atoms with van der Waals surface area (Å²) in [6, 6.07) is 31.8. The summed E-state index contributed by atoms with van der Waals surface area (Å²) in [5, 5.41) is 11.8. The van der Waals surface area contributed by atoms with Crippen molar-refractivity contribution in [1.82, 2.24) is 9.55 Å². The molecule has 0 fully saturated rings. The number of rotatable bonds is 7. The van der Waals surface area contributed by atoms with Crippen molar-refractivity contribution in [2.75, 3.05) is 4.90 Å². The van der Waals surface area contributed by atoms with Gasteiger partial charge >= 0.3 is 6.09 Å². The lowest BCUT2D eigenvalue weighted by atomic mass is 10.0. The molecule has 7 nitrogen and oxygen atoms in total. The number of Topliss-reactive ketones (excluding diaryl/α,β-unsaturated/α-hetero) is 2. The van der Waals surface area contributed by atoms with Crippen molar-refractivity contribution >= 4 is 62.4 Å². The van der Waals surface area contributed by atoms with E-state index in [-0.39, 0.29) is 5.69 Å². The van der Waals surface area contributed by atoms with E-state index in [0.29, 0.717) is 44.8 Å². The Morgan fingerprint density at radius 1 is 0.780 bits per heavy atom. The number of amides is 1. The Hall–Kier alpha value is -5.27. The predicted molar refractivity (Wildman–Crippen MR) is 160 cm³/mol. The van der Waals surface area contributed by atoms with Crippen molar-refractivity contribution in [1.29, 1.82) is 0 Å². The second kappa shape index (κ2) is 10.7. The Kier molecular flexibility index (Phi) is 6.79. The van der Waals surface area contributed by atoms with Crippen LogP contribution in [0, 0.1) is 0 Å². The molecule has 0 saturated carbocycles. The second-order valence-corrected chi connectivity index (χ2v) is 9.94. The van der Waals surface area contributed by atoms with E-state index >= 15 is 0 Å². The number of pyridine rings is 1. The molecular formula is C33H22ClN3O4. The summed E-state index contributed by atoms with van der Waals surface area (Å²) in [6.45, 7) is 0.506. The molecule has 200 valence electrons. The van der Waals surface area contributed by atoms with E-state index in [1.165, 1.54) is 11.0 Å². The molecule has 2 aromatic heterocycles. The van der Waals surface area contributed by atoms with Gasteiger partial charge in [0.1, 0.15) is 5.69 Å². The number of aromatic nitrogens is 2. The fraction of sp³-hybridized carbons (Fsp3) is 0.0303. The number of fused-ring (bicyclic) bond motifs is 2. The zero-order valence-electron chi connectivity index (χ0n) is 21.6. The van der Waals surface area contributed by atoms with Gasteiger partial charge in [-0.05, 0) is 60.2 Å². The lowest BCUT2D eigenvalue weighted by Crippen LogP contribution is -2.23. The first-order chi connectivity index (χ1) is 19.9. The summed E-state index contributed by atoms with van der Waals surface area (Å²) in [5.41, 5.74) is 3.56. The predicted octanol–water partition coefficient (Wildman–Crippen LogP) is 7.77. The fourth-order valence-corrected chi connectivity index (χ4v) is 5.04. The van der Waals surface area contributed by atoms with Crippen LogP contribution < -0.4 is 4.90 Å². The molecule has 0 radical (unpaired) electrons. The topological polar surface area (TPSA) is 92.5 Å². The number of halogens is 1. The Balaban J connectivity index is 1.31. The highest BCUT2D eigenvalue weighted by Crippen LogP contribution is 2.29. The molecule has 0 aliphatic carbocycles. The monoisotopic (exact) mass is 559 g/mol. The summed E-state index contributed by atoms with van der Waals surface area (Å²) in [5.74, 6) is -1.37. The molecule has 0 aliphatic rings. The van der Waals surface area contributed by atoms with Crippen molar-refractivity contribution in [2.24, 2.45) is 0 Å². The van der Waals surface area contributed by atoms with E-state index in [1.807, 2.05) is 59.2 Å². The highest BCUT2D eigenvalue weighted by molar-refractivity contribution is 6.50. The minimum Gasteiger partial charge on any atom is -0.464 e. The lowest BCUT2D eigenvalue weighted by Gasteiger charge is -2.19. The molecule has 1 amide bonds. The molecule has 0 spiro atoms. The number of anilines is 2. The first-order valence-electron chi connectivity index (χ1n) is 12.8. The Morgan fingerprint density at radius 2 is 1.51 bits per heavy atom. The molecule has 0 aliphatic heterocycles. The number of hydrogen-bond donors (Lipinski definition) is 1. The van der Waals surface area contributed by atoms with Gasteiger partial charge in [0.25, 0.3) is 5.78 Å². The van der Waals surface area contributed by atoms with E-state index in [1.54, 1.807) is 54.7 Å². The minimum atomic E-state index is -1.13. The van der Waals surface area contributed by atoms with E-state index in [0.717, 1.165) is 11.1 Å². The number of carboxylic acid groups (broad SMARTS) is 1. The maximum absolute atomic E-state index is 13.5. The van der Waals surface area contributed by atoms with Gasteiger partial charge in [0.05, 0.1) is 22.5 Å². The van der Waals surface area contributed by atoms with Crippen molar-refractivity contribution in [3.63, 3.8) is 0 Å². The molecule has 41 heavy (non-hydrogen) atoms. The van der Waals surface area contributed by atoms with Gasteiger partial charge in [-0.15, -0.1) is 0 Å². The van der Waals surface area contributed by atoms with Crippen LogP contribution in [0.1, 0.15) is 26.4 Å². The van der Waals surface area contributed by atoms with Crippen LogP contribution in [0.5, 0.6) is 0 Å². The van der Waals surface area contributed by atoms with Gasteiger partial charge in [-0.25, -0.2) is 14.7 Å². The number of para-hydroxylation sites is 2. The average molecular weight is 560 g/mol. The second-order valence-electron chi connectivity index (χ2n) is 9.50. The molecule has 8 heteroatoms. The first kappa shape index (κ1) is 26.0. The Bertz CT molecular complexity index is 1950. The molecule has 0 unspecified atom stereocenters. The largest absolute Gasteiger partial charge is 0.464 e. The van der Waals surface area contributed by atoms with Gasteiger partial charge in [-0.2, -0.15) is 0 Å². The van der Waals surface area contributed by atoms with Crippen LogP contribution in [0.3, 0.4) is 0 Å². The maximum Gasteiger partial charge on any atom is 0.416 e. The number of carbonyl (C=O) groups is 3. The summed E-state index contributed by atoms with van der Waals surface area (Å²) in [6.07, 6.45) is 0.577. The van der Waals surface area contributed by atoms with Gasteiger partial charge < -0.3 is 9.67 Å². The number of ketones is 2. The quantitative estimate of drug-likeness (QED) is 0.159. The van der Waals surface area contributed by atoms with Gasteiger partial charge in [0.2, 0.25) is 5.78 Å². The van der Waals surface area contributed by atoms with Crippen LogP contribution in [-0.2, 0) is 6.54 Å². The summed E-state index contributed by atoms with van der Waals surface area (Å²) >= 11 is 6.02. The number of benzene rings is 4. The van der Waals surface area contributed by atoms with Gasteiger partial charge in [0.15, 0.2) is 0 Å².